The maximum atomic E-state index is 13.7. The number of pyridine rings is 1. The first-order valence-electron chi connectivity index (χ1n) is 12.6. The lowest BCUT2D eigenvalue weighted by Gasteiger charge is -2.37. The number of piperidine rings is 2. The second-order valence-corrected chi connectivity index (χ2v) is 9.95. The van der Waals surface area contributed by atoms with Crippen molar-refractivity contribution in [3.63, 3.8) is 0 Å². The average Bonchev–Trinajstić information content (AvgIpc) is 2.91. The Balaban J connectivity index is 1.40. The van der Waals surface area contributed by atoms with Crippen LogP contribution in [-0.4, -0.2) is 57.4 Å². The van der Waals surface area contributed by atoms with E-state index in [0.29, 0.717) is 62.5 Å². The first kappa shape index (κ1) is 24.0. The van der Waals surface area contributed by atoms with Crippen molar-refractivity contribution in [1.29, 1.82) is 0 Å². The Bertz CT molecular complexity index is 1330. The SMILES string of the molecule is Cc1ccc(Cn2c(=O)c(N3CCCC(C(=O)N4CCC(C(N)=O)CC4)C3)nc3cccnc32)cc1. The molecule has 0 spiro atoms. The van der Waals surface area contributed by atoms with Crippen molar-refractivity contribution in [3.05, 3.63) is 64.1 Å². The van der Waals surface area contributed by atoms with Crippen molar-refractivity contribution < 1.29 is 9.59 Å². The summed E-state index contributed by atoms with van der Waals surface area (Å²) in [7, 11) is 0. The zero-order valence-corrected chi connectivity index (χ0v) is 20.6. The van der Waals surface area contributed by atoms with E-state index in [1.165, 1.54) is 0 Å². The van der Waals surface area contributed by atoms with E-state index in [9.17, 15) is 14.4 Å². The summed E-state index contributed by atoms with van der Waals surface area (Å²) < 4.78 is 1.68. The number of primary amides is 1. The summed E-state index contributed by atoms with van der Waals surface area (Å²) in [5, 5.41) is 0. The summed E-state index contributed by atoms with van der Waals surface area (Å²) in [6, 6.07) is 11.8. The Hall–Kier alpha value is -3.75. The van der Waals surface area contributed by atoms with Gasteiger partial charge in [0.15, 0.2) is 11.5 Å². The molecule has 36 heavy (non-hydrogen) atoms. The molecule has 1 aromatic carbocycles. The molecule has 2 amide bonds. The van der Waals surface area contributed by atoms with Crippen molar-refractivity contribution in [2.45, 2.75) is 39.2 Å². The van der Waals surface area contributed by atoms with Crippen LogP contribution in [0.5, 0.6) is 0 Å². The predicted octanol–water partition coefficient (Wildman–Crippen LogP) is 2.09. The van der Waals surface area contributed by atoms with E-state index in [-0.39, 0.29) is 29.2 Å². The van der Waals surface area contributed by atoms with Gasteiger partial charge < -0.3 is 15.5 Å². The number of nitrogens with zero attached hydrogens (tertiary/aromatic N) is 5. The number of anilines is 1. The van der Waals surface area contributed by atoms with Gasteiger partial charge in [-0.15, -0.1) is 0 Å². The van der Waals surface area contributed by atoms with E-state index in [4.69, 9.17) is 10.7 Å². The molecule has 0 radical (unpaired) electrons. The topological polar surface area (TPSA) is 114 Å². The smallest absolute Gasteiger partial charge is 0.295 e. The van der Waals surface area contributed by atoms with Gasteiger partial charge in [-0.2, -0.15) is 0 Å². The highest BCUT2D eigenvalue weighted by molar-refractivity contribution is 5.81. The van der Waals surface area contributed by atoms with Gasteiger partial charge in [-0.3, -0.25) is 19.0 Å². The summed E-state index contributed by atoms with van der Waals surface area (Å²) in [6.07, 6.45) is 4.47. The molecule has 0 bridgehead atoms. The Morgan fingerprint density at radius 1 is 1.03 bits per heavy atom. The molecule has 2 aliphatic heterocycles. The molecule has 4 heterocycles. The van der Waals surface area contributed by atoms with E-state index in [1.54, 1.807) is 10.8 Å². The Morgan fingerprint density at radius 3 is 2.50 bits per heavy atom. The van der Waals surface area contributed by atoms with Crippen LogP contribution in [0.3, 0.4) is 0 Å². The largest absolute Gasteiger partial charge is 0.369 e. The highest BCUT2D eigenvalue weighted by Crippen LogP contribution is 2.25. The number of benzene rings is 1. The normalized spacial score (nSPS) is 19.0. The standard InChI is InChI=1S/C27H32N6O3/c1-18-6-8-19(9-7-18)16-33-24-22(5-2-12-29-24)30-25(27(33)36)32-13-3-4-21(17-32)26(35)31-14-10-20(11-15-31)23(28)34/h2,5-9,12,20-21H,3-4,10-11,13-17H2,1H3,(H2,28,34). The number of amides is 2. The zero-order chi connectivity index (χ0) is 25.2. The lowest BCUT2D eigenvalue weighted by molar-refractivity contribution is -0.138. The third-order valence-electron chi connectivity index (χ3n) is 7.42. The van der Waals surface area contributed by atoms with Gasteiger partial charge in [-0.1, -0.05) is 29.8 Å². The van der Waals surface area contributed by atoms with Crippen molar-refractivity contribution in [2.24, 2.45) is 17.6 Å². The molecule has 2 aliphatic rings. The fourth-order valence-corrected chi connectivity index (χ4v) is 5.30. The van der Waals surface area contributed by atoms with Gasteiger partial charge >= 0.3 is 0 Å². The van der Waals surface area contributed by atoms with Crippen LogP contribution in [0.15, 0.2) is 47.4 Å². The molecule has 2 fully saturated rings. The highest BCUT2D eigenvalue weighted by Gasteiger charge is 2.34. The van der Waals surface area contributed by atoms with E-state index in [0.717, 1.165) is 24.0 Å². The first-order valence-corrected chi connectivity index (χ1v) is 12.6. The molecule has 5 rings (SSSR count). The molecule has 0 saturated carbocycles. The van der Waals surface area contributed by atoms with Crippen LogP contribution in [0.25, 0.3) is 11.2 Å². The molecule has 2 N–H and O–H groups in total. The summed E-state index contributed by atoms with van der Waals surface area (Å²) in [5.74, 6) is -0.193. The van der Waals surface area contributed by atoms with Gasteiger partial charge in [0.05, 0.1) is 12.5 Å². The van der Waals surface area contributed by atoms with Gasteiger partial charge in [0, 0.05) is 38.3 Å². The lowest BCUT2D eigenvalue weighted by atomic mass is 9.92. The minimum Gasteiger partial charge on any atom is -0.369 e. The molecule has 1 unspecified atom stereocenters. The minimum absolute atomic E-state index is 0.0880. The molecule has 0 aliphatic carbocycles. The minimum atomic E-state index is -0.287. The fraction of sp³-hybridized carbons (Fsp3) is 0.444. The predicted molar refractivity (Wildman–Crippen MR) is 138 cm³/mol. The van der Waals surface area contributed by atoms with Crippen LogP contribution >= 0.6 is 0 Å². The maximum absolute atomic E-state index is 13.7. The van der Waals surface area contributed by atoms with E-state index < -0.39 is 0 Å². The first-order chi connectivity index (χ1) is 17.4. The van der Waals surface area contributed by atoms with Crippen LogP contribution in [0, 0.1) is 18.8 Å². The number of fused-ring (bicyclic) bond motifs is 1. The number of carbonyl (C=O) groups excluding carboxylic acids is 2. The lowest BCUT2D eigenvalue weighted by Crippen LogP contribution is -2.49. The molecular formula is C27H32N6O3. The van der Waals surface area contributed by atoms with Crippen LogP contribution in [0.1, 0.15) is 36.8 Å². The van der Waals surface area contributed by atoms with Crippen LogP contribution < -0.4 is 16.2 Å². The second-order valence-electron chi connectivity index (χ2n) is 9.95. The molecule has 2 saturated heterocycles. The van der Waals surface area contributed by atoms with E-state index >= 15 is 0 Å². The quantitative estimate of drug-likeness (QED) is 0.588. The Morgan fingerprint density at radius 2 is 1.78 bits per heavy atom. The van der Waals surface area contributed by atoms with Crippen molar-refractivity contribution in [1.82, 2.24) is 19.4 Å². The highest BCUT2D eigenvalue weighted by atomic mass is 16.2. The summed E-state index contributed by atoms with van der Waals surface area (Å²) >= 11 is 0. The maximum Gasteiger partial charge on any atom is 0.295 e. The number of aromatic nitrogens is 3. The van der Waals surface area contributed by atoms with Crippen LogP contribution in [0.4, 0.5) is 5.82 Å². The monoisotopic (exact) mass is 488 g/mol. The second kappa shape index (κ2) is 10.1. The third-order valence-corrected chi connectivity index (χ3v) is 7.42. The van der Waals surface area contributed by atoms with Gasteiger partial charge in [0.2, 0.25) is 11.8 Å². The van der Waals surface area contributed by atoms with Gasteiger partial charge in [-0.25, -0.2) is 9.97 Å². The van der Waals surface area contributed by atoms with Gasteiger partial charge in [-0.05, 0) is 50.3 Å². The van der Waals surface area contributed by atoms with Crippen LogP contribution in [-0.2, 0) is 16.1 Å². The van der Waals surface area contributed by atoms with E-state index in [2.05, 4.69) is 4.98 Å². The number of hydrogen-bond donors (Lipinski definition) is 1. The molecule has 1 atom stereocenters. The average molecular weight is 489 g/mol. The Kier molecular flexibility index (Phi) is 6.71. The number of nitrogens with two attached hydrogens (primary N) is 1. The Labute approximate surface area is 209 Å². The number of aryl methyl sites for hydroxylation is 1. The number of hydrogen-bond acceptors (Lipinski definition) is 6. The summed E-state index contributed by atoms with van der Waals surface area (Å²) in [6.45, 7) is 4.65. The molecule has 9 heteroatoms. The summed E-state index contributed by atoms with van der Waals surface area (Å²) in [4.78, 5) is 51.5. The van der Waals surface area contributed by atoms with Crippen molar-refractivity contribution >= 4 is 28.8 Å². The van der Waals surface area contributed by atoms with E-state index in [1.807, 2.05) is 53.1 Å². The molecule has 9 nitrogen and oxygen atoms in total. The summed E-state index contributed by atoms with van der Waals surface area (Å²) in [5.41, 5.74) is 8.62. The number of likely N-dealkylation sites (tertiary alicyclic amines) is 1. The van der Waals surface area contributed by atoms with Crippen molar-refractivity contribution in [3.8, 4) is 0 Å². The van der Waals surface area contributed by atoms with Gasteiger partial charge in [0.25, 0.3) is 5.56 Å². The molecular weight excluding hydrogens is 456 g/mol. The molecule has 188 valence electrons. The van der Waals surface area contributed by atoms with Crippen molar-refractivity contribution in [2.75, 3.05) is 31.1 Å². The number of rotatable bonds is 5. The van der Waals surface area contributed by atoms with Gasteiger partial charge in [0.1, 0.15) is 5.52 Å². The zero-order valence-electron chi connectivity index (χ0n) is 20.6. The van der Waals surface area contributed by atoms with Crippen LogP contribution in [0.2, 0.25) is 0 Å². The molecule has 2 aromatic heterocycles. The number of carbonyl (C=O) groups is 2. The fourth-order valence-electron chi connectivity index (χ4n) is 5.30. The molecule has 3 aromatic rings. The third kappa shape index (κ3) is 4.82.